The fraction of sp³-hybridized carbons (Fsp3) is 0.385. The summed E-state index contributed by atoms with van der Waals surface area (Å²) >= 11 is 0. The van der Waals surface area contributed by atoms with Crippen LogP contribution in [0.15, 0.2) is 24.3 Å². The molecule has 0 saturated carbocycles. The second-order valence-electron chi connectivity index (χ2n) is 4.78. The zero-order valence-corrected chi connectivity index (χ0v) is 11.2. The number of urea groups is 1. The predicted molar refractivity (Wildman–Crippen MR) is 74.1 cm³/mol. The van der Waals surface area contributed by atoms with Gasteiger partial charge in [0.25, 0.3) is 5.69 Å². The summed E-state index contributed by atoms with van der Waals surface area (Å²) in [5.74, 6) is -1.04. The van der Waals surface area contributed by atoms with E-state index < -0.39 is 23.0 Å². The number of carbonyl (C=O) groups is 2. The van der Waals surface area contributed by atoms with Crippen LogP contribution in [0.25, 0.3) is 0 Å². The molecule has 21 heavy (non-hydrogen) atoms. The van der Waals surface area contributed by atoms with E-state index in [-0.39, 0.29) is 11.4 Å². The van der Waals surface area contributed by atoms with E-state index in [1.165, 1.54) is 29.2 Å². The maximum absolute atomic E-state index is 12.1. The molecule has 0 unspecified atom stereocenters. The van der Waals surface area contributed by atoms with Gasteiger partial charge in [-0.05, 0) is 25.3 Å². The lowest BCUT2D eigenvalue weighted by atomic mass is 10.0. The fourth-order valence-corrected chi connectivity index (χ4v) is 2.32. The second kappa shape index (κ2) is 6.21. The number of likely N-dealkylation sites (tertiary alicyclic amines) is 1. The molecular formula is C13H15N3O5. The second-order valence-corrected chi connectivity index (χ2v) is 4.78. The van der Waals surface area contributed by atoms with Crippen LogP contribution in [0.2, 0.25) is 0 Å². The number of amides is 2. The minimum absolute atomic E-state index is 0.138. The van der Waals surface area contributed by atoms with Gasteiger partial charge in [0.2, 0.25) is 0 Å². The van der Waals surface area contributed by atoms with Crippen LogP contribution in [-0.2, 0) is 4.79 Å². The third kappa shape index (κ3) is 3.47. The molecule has 1 aliphatic heterocycles. The summed E-state index contributed by atoms with van der Waals surface area (Å²) in [6.45, 7) is 0.359. The van der Waals surface area contributed by atoms with Gasteiger partial charge in [0.15, 0.2) is 0 Å². The minimum Gasteiger partial charge on any atom is -0.480 e. The molecule has 2 amide bonds. The topological polar surface area (TPSA) is 113 Å². The number of aliphatic carboxylic acids is 1. The first-order valence-corrected chi connectivity index (χ1v) is 6.54. The number of non-ortho nitro benzene ring substituents is 1. The summed E-state index contributed by atoms with van der Waals surface area (Å²) in [7, 11) is 0. The number of nitrogens with zero attached hydrogens (tertiary/aromatic N) is 2. The van der Waals surface area contributed by atoms with Gasteiger partial charge in [-0.3, -0.25) is 10.1 Å². The highest BCUT2D eigenvalue weighted by Gasteiger charge is 2.32. The summed E-state index contributed by atoms with van der Waals surface area (Å²) in [5, 5.41) is 22.3. The van der Waals surface area contributed by atoms with E-state index in [1.807, 2.05) is 0 Å². The third-order valence-corrected chi connectivity index (χ3v) is 3.36. The van der Waals surface area contributed by atoms with Crippen molar-refractivity contribution >= 4 is 23.4 Å². The largest absolute Gasteiger partial charge is 0.480 e. The Kier molecular flexibility index (Phi) is 4.36. The fourth-order valence-electron chi connectivity index (χ4n) is 2.32. The van der Waals surface area contributed by atoms with Gasteiger partial charge >= 0.3 is 12.0 Å². The monoisotopic (exact) mass is 293 g/mol. The van der Waals surface area contributed by atoms with E-state index in [0.717, 1.165) is 12.8 Å². The third-order valence-electron chi connectivity index (χ3n) is 3.36. The van der Waals surface area contributed by atoms with Crippen molar-refractivity contribution in [3.05, 3.63) is 34.4 Å². The number of carboxylic acid groups (broad SMARTS) is 1. The average Bonchev–Trinajstić information content (AvgIpc) is 2.47. The van der Waals surface area contributed by atoms with Gasteiger partial charge < -0.3 is 15.3 Å². The summed E-state index contributed by atoms with van der Waals surface area (Å²) in [5.41, 5.74) is 0.130. The summed E-state index contributed by atoms with van der Waals surface area (Å²) in [4.78, 5) is 34.7. The number of carbonyl (C=O) groups excluding carboxylic acids is 1. The first-order chi connectivity index (χ1) is 9.99. The molecule has 2 rings (SSSR count). The van der Waals surface area contributed by atoms with Crippen molar-refractivity contribution in [1.29, 1.82) is 0 Å². The molecule has 1 saturated heterocycles. The van der Waals surface area contributed by atoms with E-state index in [4.69, 9.17) is 5.11 Å². The number of rotatable bonds is 3. The number of piperidine rings is 1. The number of nitrogens with one attached hydrogen (secondary N) is 1. The lowest BCUT2D eigenvalue weighted by Gasteiger charge is -2.32. The number of nitro benzene ring substituents is 1. The maximum Gasteiger partial charge on any atom is 0.326 e. The molecule has 1 aliphatic rings. The normalized spacial score (nSPS) is 18.1. The van der Waals surface area contributed by atoms with Crippen molar-refractivity contribution in [2.24, 2.45) is 0 Å². The van der Waals surface area contributed by atoms with Crippen LogP contribution in [0, 0.1) is 10.1 Å². The van der Waals surface area contributed by atoms with Crippen molar-refractivity contribution in [2.45, 2.75) is 25.3 Å². The lowest BCUT2D eigenvalue weighted by molar-refractivity contribution is -0.384. The SMILES string of the molecule is O=C(O)[C@@H]1CCCCN1C(=O)Nc1cccc([N+](=O)[O-])c1. The Morgan fingerprint density at radius 3 is 2.81 bits per heavy atom. The molecule has 1 aromatic carbocycles. The Bertz CT molecular complexity index is 575. The zero-order chi connectivity index (χ0) is 15.4. The lowest BCUT2D eigenvalue weighted by Crippen LogP contribution is -2.49. The van der Waals surface area contributed by atoms with Crippen molar-refractivity contribution in [1.82, 2.24) is 4.90 Å². The number of anilines is 1. The number of hydrogen-bond donors (Lipinski definition) is 2. The Morgan fingerprint density at radius 2 is 2.14 bits per heavy atom. The molecule has 1 heterocycles. The van der Waals surface area contributed by atoms with Crippen LogP contribution in [0.5, 0.6) is 0 Å². The maximum atomic E-state index is 12.1. The Morgan fingerprint density at radius 1 is 1.38 bits per heavy atom. The summed E-state index contributed by atoms with van der Waals surface area (Å²) in [6, 6.07) is 4.12. The summed E-state index contributed by atoms with van der Waals surface area (Å²) in [6.07, 6.45) is 1.92. The molecule has 112 valence electrons. The molecule has 0 spiro atoms. The Hall–Kier alpha value is -2.64. The highest BCUT2D eigenvalue weighted by Crippen LogP contribution is 2.21. The van der Waals surface area contributed by atoms with Crippen LogP contribution in [0.1, 0.15) is 19.3 Å². The number of nitro groups is 1. The van der Waals surface area contributed by atoms with Crippen molar-refractivity contribution in [3.8, 4) is 0 Å². The molecular weight excluding hydrogens is 278 g/mol. The zero-order valence-electron chi connectivity index (χ0n) is 11.2. The van der Waals surface area contributed by atoms with E-state index >= 15 is 0 Å². The summed E-state index contributed by atoms with van der Waals surface area (Å²) < 4.78 is 0. The van der Waals surface area contributed by atoms with E-state index in [2.05, 4.69) is 5.32 Å². The van der Waals surface area contributed by atoms with Crippen molar-refractivity contribution in [3.63, 3.8) is 0 Å². The van der Waals surface area contributed by atoms with Crippen LogP contribution >= 0.6 is 0 Å². The van der Waals surface area contributed by atoms with E-state index in [0.29, 0.717) is 13.0 Å². The van der Waals surface area contributed by atoms with Gasteiger partial charge in [-0.1, -0.05) is 6.07 Å². The molecule has 0 aliphatic carbocycles. The van der Waals surface area contributed by atoms with Crippen molar-refractivity contribution < 1.29 is 19.6 Å². The molecule has 0 bridgehead atoms. The molecule has 1 fully saturated rings. The highest BCUT2D eigenvalue weighted by molar-refractivity contribution is 5.92. The van der Waals surface area contributed by atoms with Gasteiger partial charge in [-0.2, -0.15) is 0 Å². The minimum atomic E-state index is -1.04. The van der Waals surface area contributed by atoms with Gasteiger partial charge in [0, 0.05) is 24.4 Å². The van der Waals surface area contributed by atoms with Crippen LogP contribution in [0.4, 0.5) is 16.2 Å². The molecule has 1 aromatic rings. The van der Waals surface area contributed by atoms with Crippen LogP contribution in [0.3, 0.4) is 0 Å². The van der Waals surface area contributed by atoms with Crippen LogP contribution in [-0.4, -0.2) is 39.5 Å². The van der Waals surface area contributed by atoms with E-state index in [1.54, 1.807) is 0 Å². The Balaban J connectivity index is 2.11. The molecule has 0 radical (unpaired) electrons. The molecule has 8 nitrogen and oxygen atoms in total. The molecule has 8 heteroatoms. The first kappa shape index (κ1) is 14.8. The van der Waals surface area contributed by atoms with Gasteiger partial charge in [0.1, 0.15) is 6.04 Å². The number of hydrogen-bond acceptors (Lipinski definition) is 4. The van der Waals surface area contributed by atoms with Gasteiger partial charge in [-0.25, -0.2) is 9.59 Å². The Labute approximate surface area is 120 Å². The van der Waals surface area contributed by atoms with Gasteiger partial charge in [-0.15, -0.1) is 0 Å². The molecule has 2 N–H and O–H groups in total. The predicted octanol–water partition coefficient (Wildman–Crippen LogP) is 2.07. The van der Waals surface area contributed by atoms with Gasteiger partial charge in [0.05, 0.1) is 4.92 Å². The quantitative estimate of drug-likeness (QED) is 0.654. The molecule has 0 aromatic heterocycles. The smallest absolute Gasteiger partial charge is 0.326 e. The average molecular weight is 293 g/mol. The highest BCUT2D eigenvalue weighted by atomic mass is 16.6. The number of benzene rings is 1. The van der Waals surface area contributed by atoms with E-state index in [9.17, 15) is 19.7 Å². The molecule has 1 atom stereocenters. The van der Waals surface area contributed by atoms with Crippen LogP contribution < -0.4 is 5.32 Å². The number of carboxylic acids is 1. The first-order valence-electron chi connectivity index (χ1n) is 6.54. The van der Waals surface area contributed by atoms with Crippen molar-refractivity contribution in [2.75, 3.05) is 11.9 Å². The standard InChI is InChI=1S/C13H15N3O5/c17-12(18)11-6-1-2-7-15(11)13(19)14-9-4-3-5-10(8-9)16(20)21/h3-5,8,11H,1-2,6-7H2,(H,14,19)(H,17,18)/t11-/m0/s1.